The van der Waals surface area contributed by atoms with Gasteiger partial charge in [-0.1, -0.05) is 41.5 Å². The Hall–Kier alpha value is -0.440. The summed E-state index contributed by atoms with van der Waals surface area (Å²) >= 11 is 0. The van der Waals surface area contributed by atoms with Crippen LogP contribution < -0.4 is 5.32 Å². The van der Waals surface area contributed by atoms with Crippen LogP contribution in [0.1, 0.15) is 41.5 Å². The Morgan fingerprint density at radius 1 is 1.06 bits per heavy atom. The number of aliphatic imine (C=N–C) groups is 1. The molecule has 2 unspecified atom stereocenters. The summed E-state index contributed by atoms with van der Waals surface area (Å²) in [6.07, 6.45) is 0. The molecular formula is C13H26ClN3. The van der Waals surface area contributed by atoms with E-state index < -0.39 is 0 Å². The molecule has 100 valence electrons. The molecule has 1 N–H and O–H groups in total. The van der Waals surface area contributed by atoms with Crippen molar-refractivity contribution in [2.45, 2.75) is 53.6 Å². The van der Waals surface area contributed by atoms with E-state index in [1.807, 2.05) is 0 Å². The highest BCUT2D eigenvalue weighted by molar-refractivity contribution is 5.85. The van der Waals surface area contributed by atoms with Crippen molar-refractivity contribution in [3.8, 4) is 0 Å². The third-order valence-electron chi connectivity index (χ3n) is 3.72. The van der Waals surface area contributed by atoms with Gasteiger partial charge in [-0.15, -0.1) is 12.4 Å². The van der Waals surface area contributed by atoms with Gasteiger partial charge in [0.25, 0.3) is 0 Å². The van der Waals surface area contributed by atoms with Crippen LogP contribution in [0.5, 0.6) is 0 Å². The lowest BCUT2D eigenvalue weighted by molar-refractivity contribution is 0.253. The number of nitrogens with zero attached hydrogens (tertiary/aromatic N) is 2. The number of guanidine groups is 1. The first-order valence-corrected chi connectivity index (χ1v) is 6.27. The van der Waals surface area contributed by atoms with Crippen molar-refractivity contribution in [1.29, 1.82) is 0 Å². The van der Waals surface area contributed by atoms with E-state index in [9.17, 15) is 0 Å². The van der Waals surface area contributed by atoms with Crippen LogP contribution in [0.25, 0.3) is 0 Å². The zero-order valence-electron chi connectivity index (χ0n) is 11.9. The second kappa shape index (κ2) is 4.34. The maximum atomic E-state index is 4.82. The number of rotatable bonds is 0. The predicted octanol–water partition coefficient (Wildman–Crippen LogP) is 2.51. The minimum Gasteiger partial charge on any atom is -0.351 e. The SMILES string of the molecule is CC(C)(C)C1CN2CC(C(C)(C)C)NC2=N1.Cl. The van der Waals surface area contributed by atoms with Gasteiger partial charge in [0.2, 0.25) is 0 Å². The molecule has 0 aromatic carbocycles. The van der Waals surface area contributed by atoms with E-state index in [4.69, 9.17) is 4.99 Å². The van der Waals surface area contributed by atoms with Gasteiger partial charge >= 0.3 is 0 Å². The van der Waals surface area contributed by atoms with Crippen molar-refractivity contribution >= 4 is 18.4 Å². The molecule has 0 radical (unpaired) electrons. The van der Waals surface area contributed by atoms with Gasteiger partial charge < -0.3 is 10.2 Å². The second-order valence-electron chi connectivity index (χ2n) is 7.30. The molecule has 0 amide bonds. The summed E-state index contributed by atoms with van der Waals surface area (Å²) in [5.74, 6) is 1.12. The molecular weight excluding hydrogens is 234 g/mol. The van der Waals surface area contributed by atoms with Crippen LogP contribution in [-0.4, -0.2) is 36.0 Å². The first kappa shape index (κ1) is 14.6. The van der Waals surface area contributed by atoms with Crippen molar-refractivity contribution < 1.29 is 0 Å². The Balaban J connectivity index is 0.00000144. The molecule has 1 fully saturated rings. The molecule has 0 aromatic heterocycles. The maximum Gasteiger partial charge on any atom is 0.194 e. The van der Waals surface area contributed by atoms with E-state index in [-0.39, 0.29) is 17.8 Å². The van der Waals surface area contributed by atoms with Gasteiger partial charge in [0, 0.05) is 13.1 Å². The second-order valence-corrected chi connectivity index (χ2v) is 7.30. The van der Waals surface area contributed by atoms with Crippen molar-refractivity contribution in [3.05, 3.63) is 0 Å². The molecule has 0 spiro atoms. The monoisotopic (exact) mass is 259 g/mol. The summed E-state index contributed by atoms with van der Waals surface area (Å²) in [7, 11) is 0. The molecule has 4 heteroatoms. The van der Waals surface area contributed by atoms with Gasteiger partial charge in [-0.05, 0) is 10.8 Å². The molecule has 0 aromatic rings. The Morgan fingerprint density at radius 2 is 1.65 bits per heavy atom. The lowest BCUT2D eigenvalue weighted by atomic mass is 9.86. The fraction of sp³-hybridized carbons (Fsp3) is 0.923. The zero-order chi connectivity index (χ0) is 12.1. The van der Waals surface area contributed by atoms with Crippen LogP contribution in [-0.2, 0) is 0 Å². The summed E-state index contributed by atoms with van der Waals surface area (Å²) in [5.41, 5.74) is 0.584. The minimum absolute atomic E-state index is 0. The number of hydrogen-bond acceptors (Lipinski definition) is 3. The van der Waals surface area contributed by atoms with Crippen LogP contribution in [0.3, 0.4) is 0 Å². The van der Waals surface area contributed by atoms with E-state index in [2.05, 4.69) is 51.8 Å². The Morgan fingerprint density at radius 3 is 2.06 bits per heavy atom. The molecule has 3 nitrogen and oxygen atoms in total. The van der Waals surface area contributed by atoms with Crippen LogP contribution >= 0.6 is 12.4 Å². The quantitative estimate of drug-likeness (QED) is 0.724. The molecule has 0 bridgehead atoms. The van der Waals surface area contributed by atoms with Crippen molar-refractivity contribution in [1.82, 2.24) is 10.2 Å². The molecule has 0 aliphatic carbocycles. The summed E-state index contributed by atoms with van der Waals surface area (Å²) < 4.78 is 0. The molecule has 1 saturated heterocycles. The molecule has 2 aliphatic rings. The number of halogens is 1. The van der Waals surface area contributed by atoms with E-state index in [0.29, 0.717) is 17.5 Å². The summed E-state index contributed by atoms with van der Waals surface area (Å²) in [6.45, 7) is 15.9. The lowest BCUT2D eigenvalue weighted by Gasteiger charge is -2.29. The summed E-state index contributed by atoms with van der Waals surface area (Å²) in [4.78, 5) is 7.23. The minimum atomic E-state index is 0. The van der Waals surface area contributed by atoms with E-state index in [0.717, 1.165) is 19.0 Å². The third kappa shape index (κ3) is 2.87. The zero-order valence-corrected chi connectivity index (χ0v) is 12.7. The van der Waals surface area contributed by atoms with Crippen molar-refractivity contribution in [2.75, 3.05) is 13.1 Å². The van der Waals surface area contributed by atoms with E-state index in [1.54, 1.807) is 0 Å². The maximum absolute atomic E-state index is 4.82. The molecule has 2 aliphatic heterocycles. The lowest BCUT2D eigenvalue weighted by Crippen LogP contribution is -2.39. The third-order valence-corrected chi connectivity index (χ3v) is 3.72. The Kier molecular flexibility index (Phi) is 3.73. The number of fused-ring (bicyclic) bond motifs is 1. The van der Waals surface area contributed by atoms with Gasteiger partial charge in [-0.25, -0.2) is 4.99 Å². The highest BCUT2D eigenvalue weighted by Gasteiger charge is 2.41. The Labute approximate surface area is 111 Å². The normalized spacial score (nSPS) is 28.4. The number of hydrogen-bond donors (Lipinski definition) is 1. The number of nitrogens with one attached hydrogen (secondary N) is 1. The van der Waals surface area contributed by atoms with Gasteiger partial charge in [0.1, 0.15) is 0 Å². The molecule has 2 atom stereocenters. The summed E-state index contributed by atoms with van der Waals surface area (Å²) in [5, 5.41) is 3.57. The van der Waals surface area contributed by atoms with Crippen LogP contribution in [0.2, 0.25) is 0 Å². The van der Waals surface area contributed by atoms with Gasteiger partial charge in [-0.3, -0.25) is 0 Å². The molecule has 17 heavy (non-hydrogen) atoms. The van der Waals surface area contributed by atoms with E-state index >= 15 is 0 Å². The molecule has 0 saturated carbocycles. The predicted molar refractivity (Wildman–Crippen MR) is 75.9 cm³/mol. The average Bonchev–Trinajstić information content (AvgIpc) is 2.53. The van der Waals surface area contributed by atoms with Gasteiger partial charge in [-0.2, -0.15) is 0 Å². The smallest absolute Gasteiger partial charge is 0.194 e. The van der Waals surface area contributed by atoms with Crippen molar-refractivity contribution in [2.24, 2.45) is 15.8 Å². The topological polar surface area (TPSA) is 27.6 Å². The largest absolute Gasteiger partial charge is 0.351 e. The van der Waals surface area contributed by atoms with Crippen molar-refractivity contribution in [3.63, 3.8) is 0 Å². The molecule has 2 rings (SSSR count). The van der Waals surface area contributed by atoms with Crippen LogP contribution in [0, 0.1) is 10.8 Å². The van der Waals surface area contributed by atoms with Crippen LogP contribution in [0.15, 0.2) is 4.99 Å². The van der Waals surface area contributed by atoms with Gasteiger partial charge in [0.15, 0.2) is 5.96 Å². The molecule has 2 heterocycles. The summed E-state index contributed by atoms with van der Waals surface area (Å²) in [6, 6.07) is 0.975. The first-order chi connectivity index (χ1) is 7.18. The average molecular weight is 260 g/mol. The van der Waals surface area contributed by atoms with Crippen LogP contribution in [0.4, 0.5) is 0 Å². The van der Waals surface area contributed by atoms with E-state index in [1.165, 1.54) is 0 Å². The first-order valence-electron chi connectivity index (χ1n) is 6.27. The van der Waals surface area contributed by atoms with Gasteiger partial charge in [0.05, 0.1) is 12.1 Å². The fourth-order valence-electron chi connectivity index (χ4n) is 2.23. The Bertz CT molecular complexity index is 312. The highest BCUT2D eigenvalue weighted by atomic mass is 35.5. The standard InChI is InChI=1S/C13H25N3.ClH/c1-12(2,3)9-7-16-8-10(13(4,5)6)15-11(16)14-9;/h9-10H,7-8H2,1-6H3,(H,14,15);1H. The highest BCUT2D eigenvalue weighted by Crippen LogP contribution is 2.31. The fourth-order valence-corrected chi connectivity index (χ4v) is 2.23.